The van der Waals surface area contributed by atoms with Gasteiger partial charge in [0.05, 0.1) is 19.4 Å². The van der Waals surface area contributed by atoms with Crippen LogP contribution in [-0.4, -0.2) is 35.8 Å². The maximum absolute atomic E-state index is 12.5. The molecule has 0 radical (unpaired) electrons. The van der Waals surface area contributed by atoms with Gasteiger partial charge in [-0.25, -0.2) is 0 Å². The van der Waals surface area contributed by atoms with E-state index in [0.29, 0.717) is 19.1 Å². The minimum atomic E-state index is 0.128. The van der Waals surface area contributed by atoms with Crippen LogP contribution in [-0.2, 0) is 11.3 Å². The summed E-state index contributed by atoms with van der Waals surface area (Å²) in [5.74, 6) is 0.939. The van der Waals surface area contributed by atoms with Gasteiger partial charge in [0, 0.05) is 17.6 Å². The molecule has 1 atom stereocenters. The van der Waals surface area contributed by atoms with Gasteiger partial charge < -0.3 is 9.32 Å². The lowest BCUT2D eigenvalue weighted by molar-refractivity contribution is -0.132. The van der Waals surface area contributed by atoms with Gasteiger partial charge in [-0.1, -0.05) is 28.1 Å². The highest BCUT2D eigenvalue weighted by Gasteiger charge is 2.28. The Bertz CT molecular complexity index is 657. The highest BCUT2D eigenvalue weighted by molar-refractivity contribution is 9.10. The van der Waals surface area contributed by atoms with Gasteiger partial charge >= 0.3 is 0 Å². The zero-order chi connectivity index (χ0) is 16.2. The molecule has 1 aromatic heterocycles. The van der Waals surface area contributed by atoms with E-state index in [4.69, 9.17) is 4.42 Å². The molecule has 1 aromatic carbocycles. The maximum atomic E-state index is 12.5. The standard InChI is InChI=1S/C18H21BrN2O2/c1-20(12-16-7-4-10-23-16)18(22)13-21-9-3-8-17(21)14-5-2-6-15(19)11-14/h2,4-7,10-11,17H,3,8-9,12-13H2,1H3. The number of rotatable bonds is 5. The summed E-state index contributed by atoms with van der Waals surface area (Å²) in [6.45, 7) is 1.94. The fourth-order valence-corrected chi connectivity index (χ4v) is 3.54. The van der Waals surface area contributed by atoms with Crippen molar-refractivity contribution >= 4 is 21.8 Å². The molecule has 4 nitrogen and oxygen atoms in total. The summed E-state index contributed by atoms with van der Waals surface area (Å²) < 4.78 is 6.40. The molecule has 0 aliphatic carbocycles. The number of likely N-dealkylation sites (tertiary alicyclic amines) is 1. The van der Waals surface area contributed by atoms with Crippen LogP contribution in [0.15, 0.2) is 51.6 Å². The molecule has 1 fully saturated rings. The van der Waals surface area contributed by atoms with Crippen molar-refractivity contribution in [3.8, 4) is 0 Å². The quantitative estimate of drug-likeness (QED) is 0.795. The van der Waals surface area contributed by atoms with Crippen molar-refractivity contribution in [3.63, 3.8) is 0 Å². The summed E-state index contributed by atoms with van der Waals surface area (Å²) in [5.41, 5.74) is 1.28. The van der Waals surface area contributed by atoms with Crippen LogP contribution in [0.2, 0.25) is 0 Å². The van der Waals surface area contributed by atoms with Crippen LogP contribution in [0.3, 0.4) is 0 Å². The second-order valence-corrected chi connectivity index (χ2v) is 6.93. The summed E-state index contributed by atoms with van der Waals surface area (Å²) in [7, 11) is 1.83. The molecule has 1 aliphatic rings. The van der Waals surface area contributed by atoms with Crippen LogP contribution in [0.4, 0.5) is 0 Å². The minimum Gasteiger partial charge on any atom is -0.467 e. The number of benzene rings is 1. The number of hydrogen-bond donors (Lipinski definition) is 0. The Morgan fingerprint density at radius 1 is 1.39 bits per heavy atom. The van der Waals surface area contributed by atoms with Gasteiger partial charge in [-0.05, 0) is 49.2 Å². The summed E-state index contributed by atoms with van der Waals surface area (Å²) in [6, 6.07) is 12.5. The van der Waals surface area contributed by atoms with E-state index in [2.05, 4.69) is 39.0 Å². The van der Waals surface area contributed by atoms with E-state index in [0.717, 1.165) is 29.6 Å². The molecular formula is C18H21BrN2O2. The van der Waals surface area contributed by atoms with E-state index in [1.54, 1.807) is 11.2 Å². The Hall–Kier alpha value is -1.59. The molecule has 0 saturated carbocycles. The number of carbonyl (C=O) groups is 1. The number of halogens is 1. The molecule has 122 valence electrons. The summed E-state index contributed by atoms with van der Waals surface area (Å²) in [4.78, 5) is 16.5. The van der Waals surface area contributed by atoms with Crippen molar-refractivity contribution in [2.24, 2.45) is 0 Å². The molecule has 23 heavy (non-hydrogen) atoms. The van der Waals surface area contributed by atoms with E-state index >= 15 is 0 Å². The first-order valence-corrected chi connectivity index (χ1v) is 8.68. The average molecular weight is 377 g/mol. The third-order valence-electron chi connectivity index (χ3n) is 4.33. The lowest BCUT2D eigenvalue weighted by atomic mass is 10.0. The van der Waals surface area contributed by atoms with Crippen molar-refractivity contribution in [1.82, 2.24) is 9.80 Å². The minimum absolute atomic E-state index is 0.128. The molecular weight excluding hydrogens is 356 g/mol. The predicted octanol–water partition coefficient (Wildman–Crippen LogP) is 3.84. The second kappa shape index (κ2) is 7.32. The Balaban J connectivity index is 1.63. The van der Waals surface area contributed by atoms with Gasteiger partial charge in [-0.3, -0.25) is 9.69 Å². The van der Waals surface area contributed by atoms with Crippen LogP contribution in [0, 0.1) is 0 Å². The predicted molar refractivity (Wildman–Crippen MR) is 92.9 cm³/mol. The van der Waals surface area contributed by atoms with Gasteiger partial charge in [-0.2, -0.15) is 0 Å². The van der Waals surface area contributed by atoms with Crippen molar-refractivity contribution in [2.45, 2.75) is 25.4 Å². The fraction of sp³-hybridized carbons (Fsp3) is 0.389. The summed E-state index contributed by atoms with van der Waals surface area (Å²) >= 11 is 3.53. The first kappa shape index (κ1) is 16.3. The molecule has 0 spiro atoms. The third kappa shape index (κ3) is 4.03. The monoisotopic (exact) mass is 376 g/mol. The molecule has 2 aromatic rings. The Kier molecular flexibility index (Phi) is 5.18. The van der Waals surface area contributed by atoms with Crippen molar-refractivity contribution in [2.75, 3.05) is 20.1 Å². The average Bonchev–Trinajstić information content (AvgIpc) is 3.18. The molecule has 5 heteroatoms. The molecule has 1 aliphatic heterocycles. The van der Waals surface area contributed by atoms with Gasteiger partial charge in [0.25, 0.3) is 0 Å². The molecule has 0 bridgehead atoms. The van der Waals surface area contributed by atoms with Gasteiger partial charge in [0.2, 0.25) is 5.91 Å². The number of hydrogen-bond acceptors (Lipinski definition) is 3. The van der Waals surface area contributed by atoms with E-state index in [-0.39, 0.29) is 5.91 Å². The maximum Gasteiger partial charge on any atom is 0.236 e. The van der Waals surface area contributed by atoms with Gasteiger partial charge in [0.1, 0.15) is 5.76 Å². The van der Waals surface area contributed by atoms with Crippen molar-refractivity contribution in [3.05, 3.63) is 58.5 Å². The van der Waals surface area contributed by atoms with Crippen LogP contribution in [0.1, 0.15) is 30.2 Å². The number of likely N-dealkylation sites (N-methyl/N-ethyl adjacent to an activating group) is 1. The zero-order valence-electron chi connectivity index (χ0n) is 13.2. The molecule has 2 heterocycles. The van der Waals surface area contributed by atoms with Crippen LogP contribution >= 0.6 is 15.9 Å². The number of carbonyl (C=O) groups excluding carboxylic acids is 1. The number of nitrogens with zero attached hydrogens (tertiary/aromatic N) is 2. The third-order valence-corrected chi connectivity index (χ3v) is 4.83. The van der Waals surface area contributed by atoms with Crippen LogP contribution in [0.5, 0.6) is 0 Å². The highest BCUT2D eigenvalue weighted by Crippen LogP contribution is 2.32. The van der Waals surface area contributed by atoms with Crippen molar-refractivity contribution < 1.29 is 9.21 Å². The van der Waals surface area contributed by atoms with Crippen molar-refractivity contribution in [1.29, 1.82) is 0 Å². The Labute approximate surface area is 145 Å². The molecule has 0 N–H and O–H groups in total. The largest absolute Gasteiger partial charge is 0.467 e. The first-order chi connectivity index (χ1) is 11.1. The zero-order valence-corrected chi connectivity index (χ0v) is 14.8. The topological polar surface area (TPSA) is 36.7 Å². The fourth-order valence-electron chi connectivity index (χ4n) is 3.13. The summed E-state index contributed by atoms with van der Waals surface area (Å²) in [6.07, 6.45) is 3.87. The lowest BCUT2D eigenvalue weighted by Crippen LogP contribution is -2.37. The van der Waals surface area contributed by atoms with Crippen LogP contribution in [0.25, 0.3) is 0 Å². The van der Waals surface area contributed by atoms with E-state index in [1.807, 2.05) is 25.2 Å². The van der Waals surface area contributed by atoms with Gasteiger partial charge in [0.15, 0.2) is 0 Å². The molecule has 3 rings (SSSR count). The molecule has 1 saturated heterocycles. The highest BCUT2D eigenvalue weighted by atomic mass is 79.9. The van der Waals surface area contributed by atoms with E-state index < -0.39 is 0 Å². The van der Waals surface area contributed by atoms with Crippen LogP contribution < -0.4 is 0 Å². The normalized spacial score (nSPS) is 18.3. The van der Waals surface area contributed by atoms with Gasteiger partial charge in [-0.15, -0.1) is 0 Å². The summed E-state index contributed by atoms with van der Waals surface area (Å²) in [5, 5.41) is 0. The van der Waals surface area contributed by atoms with E-state index in [9.17, 15) is 4.79 Å². The number of amides is 1. The Morgan fingerprint density at radius 2 is 2.26 bits per heavy atom. The number of furan rings is 1. The van der Waals surface area contributed by atoms with E-state index in [1.165, 1.54) is 5.56 Å². The Morgan fingerprint density at radius 3 is 3.00 bits per heavy atom. The SMILES string of the molecule is CN(Cc1ccco1)C(=O)CN1CCCC1c1cccc(Br)c1. The smallest absolute Gasteiger partial charge is 0.236 e. The lowest BCUT2D eigenvalue weighted by Gasteiger charge is -2.26. The first-order valence-electron chi connectivity index (χ1n) is 7.89. The molecule has 1 amide bonds. The second-order valence-electron chi connectivity index (χ2n) is 6.01. The molecule has 1 unspecified atom stereocenters.